The van der Waals surface area contributed by atoms with Crippen molar-refractivity contribution in [1.82, 2.24) is 15.0 Å². The predicted molar refractivity (Wildman–Crippen MR) is 113 cm³/mol. The van der Waals surface area contributed by atoms with E-state index in [-0.39, 0.29) is 0 Å². The fraction of sp³-hybridized carbons (Fsp3) is 0.0455. The quantitative estimate of drug-likeness (QED) is 0.427. The van der Waals surface area contributed by atoms with Crippen LogP contribution in [0.4, 0.5) is 11.5 Å². The Morgan fingerprint density at radius 2 is 1.74 bits per heavy atom. The van der Waals surface area contributed by atoms with Crippen LogP contribution in [0, 0.1) is 6.92 Å². The van der Waals surface area contributed by atoms with Gasteiger partial charge in [-0.2, -0.15) is 0 Å². The first-order valence-corrected chi connectivity index (χ1v) is 9.53. The Kier molecular flexibility index (Phi) is 3.80. The Balaban J connectivity index is 1.64. The first-order chi connectivity index (χ1) is 13.3. The smallest absolute Gasteiger partial charge is 0.140 e. The van der Waals surface area contributed by atoms with Gasteiger partial charge >= 0.3 is 0 Å². The maximum absolute atomic E-state index is 4.89. The second-order valence-electron chi connectivity index (χ2n) is 6.33. The number of rotatable bonds is 3. The first kappa shape index (κ1) is 15.9. The molecule has 0 bridgehead atoms. The Bertz CT molecular complexity index is 1260. The van der Waals surface area contributed by atoms with E-state index < -0.39 is 0 Å². The van der Waals surface area contributed by atoms with Crippen LogP contribution in [-0.4, -0.2) is 15.0 Å². The van der Waals surface area contributed by atoms with Gasteiger partial charge in [-0.25, -0.2) is 9.97 Å². The Labute approximate surface area is 160 Å². The lowest BCUT2D eigenvalue weighted by molar-refractivity contribution is 1.31. The highest BCUT2D eigenvalue weighted by Crippen LogP contribution is 2.30. The summed E-state index contributed by atoms with van der Waals surface area (Å²) in [6.45, 7) is 2.03. The summed E-state index contributed by atoms with van der Waals surface area (Å²) in [6, 6.07) is 22.4. The number of hydrogen-bond acceptors (Lipinski definition) is 5. The molecule has 27 heavy (non-hydrogen) atoms. The minimum absolute atomic E-state index is 0.806. The maximum Gasteiger partial charge on any atom is 0.140 e. The maximum atomic E-state index is 4.89. The number of nitrogens with zero attached hydrogens (tertiary/aromatic N) is 3. The van der Waals surface area contributed by atoms with Crippen LogP contribution < -0.4 is 5.32 Å². The van der Waals surface area contributed by atoms with Gasteiger partial charge in [0.1, 0.15) is 5.82 Å². The molecule has 5 heteroatoms. The highest BCUT2D eigenvalue weighted by Gasteiger charge is 2.10. The third-order valence-corrected chi connectivity index (χ3v) is 5.36. The number of anilines is 2. The molecule has 0 saturated heterocycles. The summed E-state index contributed by atoms with van der Waals surface area (Å²) in [4.78, 5) is 14.0. The molecule has 5 rings (SSSR count). The molecule has 0 unspecified atom stereocenters. The van der Waals surface area contributed by atoms with Crippen molar-refractivity contribution in [2.24, 2.45) is 0 Å². The van der Waals surface area contributed by atoms with Crippen LogP contribution in [0.15, 0.2) is 72.9 Å². The molecule has 0 aliphatic rings. The van der Waals surface area contributed by atoms with E-state index in [9.17, 15) is 0 Å². The van der Waals surface area contributed by atoms with Crippen LogP contribution in [0.1, 0.15) is 5.01 Å². The standard InChI is InChI=1S/C22H16N4S/c1-14-24-18-10-9-16(12-21(18)27-14)25-22-17-8-5-11-23-20(17)13-19(26-22)15-6-3-2-4-7-15/h2-13H,1H3,(H,25,26). The molecule has 4 nitrogen and oxygen atoms in total. The number of hydrogen-bond donors (Lipinski definition) is 1. The lowest BCUT2D eigenvalue weighted by Gasteiger charge is -2.11. The minimum atomic E-state index is 0.806. The van der Waals surface area contributed by atoms with Crippen LogP contribution >= 0.6 is 11.3 Å². The molecule has 0 amide bonds. The van der Waals surface area contributed by atoms with Crippen molar-refractivity contribution in [3.8, 4) is 11.3 Å². The average molecular weight is 368 g/mol. The van der Waals surface area contributed by atoms with E-state index in [2.05, 4.69) is 33.5 Å². The van der Waals surface area contributed by atoms with E-state index in [1.165, 1.54) is 4.70 Å². The van der Waals surface area contributed by atoms with E-state index in [0.717, 1.165) is 44.2 Å². The zero-order valence-electron chi connectivity index (χ0n) is 14.7. The highest BCUT2D eigenvalue weighted by atomic mass is 32.1. The van der Waals surface area contributed by atoms with E-state index >= 15 is 0 Å². The third-order valence-electron chi connectivity index (χ3n) is 4.43. The monoisotopic (exact) mass is 368 g/mol. The van der Waals surface area contributed by atoms with Crippen LogP contribution in [0.25, 0.3) is 32.4 Å². The molecule has 0 spiro atoms. The van der Waals surface area contributed by atoms with E-state index in [1.54, 1.807) is 11.3 Å². The fourth-order valence-corrected chi connectivity index (χ4v) is 4.05. The molecule has 0 fully saturated rings. The van der Waals surface area contributed by atoms with Crippen molar-refractivity contribution in [3.05, 3.63) is 77.9 Å². The van der Waals surface area contributed by atoms with Gasteiger partial charge in [0.2, 0.25) is 0 Å². The first-order valence-electron chi connectivity index (χ1n) is 8.72. The topological polar surface area (TPSA) is 50.7 Å². The van der Waals surface area contributed by atoms with E-state index in [1.807, 2.05) is 61.7 Å². The SMILES string of the molecule is Cc1nc2ccc(Nc3nc(-c4ccccc4)cc4ncccc34)cc2s1. The molecular formula is C22H16N4S. The third kappa shape index (κ3) is 3.02. The zero-order chi connectivity index (χ0) is 18.2. The van der Waals surface area contributed by atoms with Crippen LogP contribution in [-0.2, 0) is 0 Å². The van der Waals surface area contributed by atoms with Gasteiger partial charge in [0.05, 0.1) is 26.4 Å². The summed E-state index contributed by atoms with van der Waals surface area (Å²) in [5.74, 6) is 0.806. The highest BCUT2D eigenvalue weighted by molar-refractivity contribution is 7.18. The summed E-state index contributed by atoms with van der Waals surface area (Å²) in [6.07, 6.45) is 1.81. The number of nitrogens with one attached hydrogen (secondary N) is 1. The number of aromatic nitrogens is 3. The van der Waals surface area contributed by atoms with Crippen molar-refractivity contribution < 1.29 is 0 Å². The summed E-state index contributed by atoms with van der Waals surface area (Å²) in [7, 11) is 0. The molecule has 0 radical (unpaired) electrons. The molecule has 3 heterocycles. The van der Waals surface area contributed by atoms with Gasteiger partial charge in [-0.1, -0.05) is 30.3 Å². The van der Waals surface area contributed by atoms with Crippen LogP contribution in [0.2, 0.25) is 0 Å². The predicted octanol–water partition coefficient (Wildman–Crippen LogP) is 5.96. The normalized spacial score (nSPS) is 11.1. The van der Waals surface area contributed by atoms with Gasteiger partial charge in [0, 0.05) is 22.8 Å². The number of aryl methyl sites for hydroxylation is 1. The molecule has 0 aliphatic carbocycles. The Morgan fingerprint density at radius 3 is 2.63 bits per heavy atom. The fourth-order valence-electron chi connectivity index (χ4n) is 3.18. The second kappa shape index (κ2) is 6.45. The molecule has 0 atom stereocenters. The van der Waals surface area contributed by atoms with E-state index in [4.69, 9.17) is 4.98 Å². The van der Waals surface area contributed by atoms with Gasteiger partial charge in [0.25, 0.3) is 0 Å². The molecule has 0 saturated carbocycles. The zero-order valence-corrected chi connectivity index (χ0v) is 15.5. The van der Waals surface area contributed by atoms with Gasteiger partial charge in [-0.05, 0) is 43.3 Å². The molecule has 0 aliphatic heterocycles. The number of benzene rings is 2. The van der Waals surface area contributed by atoms with E-state index in [0.29, 0.717) is 0 Å². The summed E-state index contributed by atoms with van der Waals surface area (Å²) in [5, 5.41) is 5.55. The van der Waals surface area contributed by atoms with Gasteiger partial charge in [-0.15, -0.1) is 11.3 Å². The summed E-state index contributed by atoms with van der Waals surface area (Å²) >= 11 is 1.70. The van der Waals surface area contributed by atoms with Crippen molar-refractivity contribution in [1.29, 1.82) is 0 Å². The molecular weight excluding hydrogens is 352 g/mol. The second-order valence-corrected chi connectivity index (χ2v) is 7.57. The largest absolute Gasteiger partial charge is 0.340 e. The molecule has 5 aromatic rings. The Morgan fingerprint density at radius 1 is 0.852 bits per heavy atom. The lowest BCUT2D eigenvalue weighted by atomic mass is 10.1. The van der Waals surface area contributed by atoms with Crippen molar-refractivity contribution in [2.45, 2.75) is 6.92 Å². The van der Waals surface area contributed by atoms with Crippen LogP contribution in [0.5, 0.6) is 0 Å². The average Bonchev–Trinajstić information content (AvgIpc) is 3.08. The lowest BCUT2D eigenvalue weighted by Crippen LogP contribution is -1.97. The number of thiazole rings is 1. The van der Waals surface area contributed by atoms with Crippen molar-refractivity contribution >= 4 is 44.0 Å². The van der Waals surface area contributed by atoms with Crippen molar-refractivity contribution in [3.63, 3.8) is 0 Å². The number of fused-ring (bicyclic) bond motifs is 2. The molecule has 130 valence electrons. The van der Waals surface area contributed by atoms with Gasteiger partial charge in [-0.3, -0.25) is 4.98 Å². The minimum Gasteiger partial charge on any atom is -0.340 e. The van der Waals surface area contributed by atoms with Gasteiger partial charge < -0.3 is 5.32 Å². The molecule has 1 N–H and O–H groups in total. The summed E-state index contributed by atoms with van der Waals surface area (Å²) in [5.41, 5.74) is 4.92. The summed E-state index contributed by atoms with van der Waals surface area (Å²) < 4.78 is 1.17. The van der Waals surface area contributed by atoms with Gasteiger partial charge in [0.15, 0.2) is 0 Å². The molecule has 3 aromatic heterocycles. The van der Waals surface area contributed by atoms with Crippen LogP contribution in [0.3, 0.4) is 0 Å². The Hall–Kier alpha value is -3.31. The number of pyridine rings is 2. The molecule has 2 aromatic carbocycles. The van der Waals surface area contributed by atoms with Crippen molar-refractivity contribution in [2.75, 3.05) is 5.32 Å².